The van der Waals surface area contributed by atoms with Crippen molar-refractivity contribution < 1.29 is 0 Å². The van der Waals surface area contributed by atoms with E-state index in [1.807, 2.05) is 0 Å². The van der Waals surface area contributed by atoms with Crippen LogP contribution in [0.15, 0.2) is 64.4 Å². The lowest BCUT2D eigenvalue weighted by atomic mass is 9.94. The third kappa shape index (κ3) is 2.98. The Balaban J connectivity index is 1.71. The lowest BCUT2D eigenvalue weighted by Crippen LogP contribution is -2.31. The Morgan fingerprint density at radius 1 is 1.13 bits per heavy atom. The highest BCUT2D eigenvalue weighted by molar-refractivity contribution is 6.31. The van der Waals surface area contributed by atoms with Gasteiger partial charge in [-0.05, 0) is 36.3 Å². The van der Waals surface area contributed by atoms with E-state index in [1.165, 1.54) is 16.7 Å². The highest BCUT2D eigenvalue weighted by atomic mass is 35.5. The van der Waals surface area contributed by atoms with Crippen molar-refractivity contribution >= 4 is 11.6 Å². The van der Waals surface area contributed by atoms with Crippen LogP contribution in [0, 0.1) is 0 Å². The van der Waals surface area contributed by atoms with E-state index < -0.39 is 0 Å². The normalized spacial score (nSPS) is 25.3. The molecule has 0 N–H and O–H groups in total. The van der Waals surface area contributed by atoms with Gasteiger partial charge in [0.25, 0.3) is 0 Å². The molecule has 3 heterocycles. The number of rotatable bonds is 1. The summed E-state index contributed by atoms with van der Waals surface area (Å²) in [5.74, 6) is 0.504. The molecule has 0 aliphatic carbocycles. The van der Waals surface area contributed by atoms with Crippen LogP contribution < -0.4 is 0 Å². The van der Waals surface area contributed by atoms with Gasteiger partial charge in [-0.15, -0.1) is 0 Å². The highest BCUT2D eigenvalue weighted by Crippen LogP contribution is 2.38. The second-order valence-corrected chi connectivity index (χ2v) is 7.33. The summed E-state index contributed by atoms with van der Waals surface area (Å²) >= 11 is 6.51. The van der Waals surface area contributed by atoms with Gasteiger partial charge < -0.3 is 9.80 Å². The predicted molar refractivity (Wildman–Crippen MR) is 96.5 cm³/mol. The zero-order valence-electron chi connectivity index (χ0n) is 13.6. The Bertz CT molecular complexity index is 687. The molecule has 0 saturated heterocycles. The van der Waals surface area contributed by atoms with Crippen LogP contribution in [-0.4, -0.2) is 43.0 Å². The van der Waals surface area contributed by atoms with Crippen molar-refractivity contribution in [1.82, 2.24) is 9.80 Å². The quantitative estimate of drug-likeness (QED) is 0.765. The monoisotopic (exact) mass is 326 g/mol. The molecule has 1 aromatic rings. The second-order valence-electron chi connectivity index (χ2n) is 6.90. The molecule has 1 atom stereocenters. The molecule has 2 bridgehead atoms. The standard InChI is InChI=1S/C20H23ClN2/c1-22-10-9-20-19(14-22)17-11-18(21)8-7-16(12-23(20)13-17)15-5-3-2-4-6-15/h2-6,8,11,16H,7,9-10,12-14H2,1H3. The number of nitrogens with zero attached hydrogens (tertiary/aromatic N) is 2. The molecule has 3 aliphatic heterocycles. The molecule has 23 heavy (non-hydrogen) atoms. The summed E-state index contributed by atoms with van der Waals surface area (Å²) in [7, 11) is 2.21. The molecule has 0 spiro atoms. The molecule has 4 rings (SSSR count). The molecule has 0 saturated carbocycles. The number of halogens is 1. The van der Waals surface area contributed by atoms with E-state index in [4.69, 9.17) is 11.6 Å². The highest BCUT2D eigenvalue weighted by Gasteiger charge is 2.32. The minimum Gasteiger partial charge on any atom is -0.370 e. The first kappa shape index (κ1) is 15.0. The molecular formula is C20H23ClN2. The van der Waals surface area contributed by atoms with Gasteiger partial charge in [0.15, 0.2) is 0 Å². The lowest BCUT2D eigenvalue weighted by molar-refractivity contribution is 0.300. The minimum absolute atomic E-state index is 0.504. The number of hydrogen-bond donors (Lipinski definition) is 0. The van der Waals surface area contributed by atoms with Crippen LogP contribution in [0.2, 0.25) is 0 Å². The second kappa shape index (κ2) is 6.18. The molecular weight excluding hydrogens is 304 g/mol. The zero-order chi connectivity index (χ0) is 15.8. The Hall–Kier alpha value is -1.51. The zero-order valence-corrected chi connectivity index (χ0v) is 14.4. The van der Waals surface area contributed by atoms with Crippen LogP contribution in [0.1, 0.15) is 24.3 Å². The van der Waals surface area contributed by atoms with Gasteiger partial charge >= 0.3 is 0 Å². The fraction of sp³-hybridized carbons (Fsp3) is 0.400. The molecule has 3 aliphatic rings. The van der Waals surface area contributed by atoms with Gasteiger partial charge in [0.2, 0.25) is 0 Å². The van der Waals surface area contributed by atoms with Crippen LogP contribution in [-0.2, 0) is 0 Å². The van der Waals surface area contributed by atoms with E-state index in [0.717, 1.165) is 44.1 Å². The summed E-state index contributed by atoms with van der Waals surface area (Å²) in [6, 6.07) is 10.9. The Morgan fingerprint density at radius 3 is 2.78 bits per heavy atom. The Kier molecular flexibility index (Phi) is 4.04. The van der Waals surface area contributed by atoms with Crippen LogP contribution >= 0.6 is 11.6 Å². The first-order chi connectivity index (χ1) is 11.2. The van der Waals surface area contributed by atoms with Crippen LogP contribution in [0.3, 0.4) is 0 Å². The van der Waals surface area contributed by atoms with Crippen LogP contribution in [0.4, 0.5) is 0 Å². The molecule has 2 nitrogen and oxygen atoms in total. The van der Waals surface area contributed by atoms with Gasteiger partial charge in [0.05, 0.1) is 0 Å². The van der Waals surface area contributed by atoms with Gasteiger partial charge in [-0.2, -0.15) is 0 Å². The number of allylic oxidation sites excluding steroid dienone is 3. The number of fused-ring (bicyclic) bond motifs is 4. The maximum Gasteiger partial charge on any atom is 0.0431 e. The maximum atomic E-state index is 6.51. The topological polar surface area (TPSA) is 6.48 Å². The fourth-order valence-electron chi connectivity index (χ4n) is 4.02. The number of hydrogen-bond acceptors (Lipinski definition) is 2. The summed E-state index contributed by atoms with van der Waals surface area (Å²) < 4.78 is 0. The molecule has 0 fully saturated rings. The summed E-state index contributed by atoms with van der Waals surface area (Å²) in [6.07, 6.45) is 6.56. The van der Waals surface area contributed by atoms with E-state index in [2.05, 4.69) is 59.3 Å². The van der Waals surface area contributed by atoms with Gasteiger partial charge in [-0.25, -0.2) is 0 Å². The van der Waals surface area contributed by atoms with E-state index in [1.54, 1.807) is 5.70 Å². The van der Waals surface area contributed by atoms with Gasteiger partial charge in [0, 0.05) is 49.2 Å². The smallest absolute Gasteiger partial charge is 0.0431 e. The number of likely N-dealkylation sites (N-methyl/N-ethyl adjacent to an activating group) is 1. The SMILES string of the molecule is CN1CCC2=C(C1)C1=CC(Cl)=CCC(c3ccccc3)CN2C1. The third-order valence-corrected chi connectivity index (χ3v) is 5.52. The minimum atomic E-state index is 0.504. The van der Waals surface area contributed by atoms with Crippen molar-refractivity contribution in [1.29, 1.82) is 0 Å². The van der Waals surface area contributed by atoms with Crippen LogP contribution in [0.25, 0.3) is 0 Å². The van der Waals surface area contributed by atoms with E-state index >= 15 is 0 Å². The van der Waals surface area contributed by atoms with Gasteiger partial charge in [-0.3, -0.25) is 0 Å². The average molecular weight is 327 g/mol. The Morgan fingerprint density at radius 2 is 1.96 bits per heavy atom. The largest absolute Gasteiger partial charge is 0.370 e. The van der Waals surface area contributed by atoms with Crippen molar-refractivity contribution in [3.63, 3.8) is 0 Å². The third-order valence-electron chi connectivity index (χ3n) is 5.26. The maximum absolute atomic E-state index is 6.51. The van der Waals surface area contributed by atoms with Crippen molar-refractivity contribution in [2.45, 2.75) is 18.8 Å². The van der Waals surface area contributed by atoms with E-state index in [0.29, 0.717) is 5.92 Å². The van der Waals surface area contributed by atoms with Crippen molar-refractivity contribution in [3.05, 3.63) is 69.9 Å². The van der Waals surface area contributed by atoms with Crippen molar-refractivity contribution in [3.8, 4) is 0 Å². The van der Waals surface area contributed by atoms with E-state index in [-0.39, 0.29) is 0 Å². The average Bonchev–Trinajstić information content (AvgIpc) is 2.92. The molecule has 1 unspecified atom stereocenters. The van der Waals surface area contributed by atoms with Crippen molar-refractivity contribution in [2.24, 2.45) is 0 Å². The predicted octanol–water partition coefficient (Wildman–Crippen LogP) is 4.13. The molecule has 0 amide bonds. The summed E-state index contributed by atoms with van der Waals surface area (Å²) in [5.41, 5.74) is 5.90. The summed E-state index contributed by atoms with van der Waals surface area (Å²) in [4.78, 5) is 5.02. The first-order valence-corrected chi connectivity index (χ1v) is 8.85. The van der Waals surface area contributed by atoms with Crippen LogP contribution in [0.5, 0.6) is 0 Å². The van der Waals surface area contributed by atoms with Crippen molar-refractivity contribution in [2.75, 3.05) is 33.2 Å². The Labute approximate surface area is 143 Å². The molecule has 120 valence electrons. The fourth-order valence-corrected chi connectivity index (χ4v) is 4.24. The lowest BCUT2D eigenvalue weighted by Gasteiger charge is -2.31. The summed E-state index contributed by atoms with van der Waals surface area (Å²) in [5, 5.41) is 0.893. The molecule has 1 aromatic carbocycles. The number of benzene rings is 1. The molecule has 0 radical (unpaired) electrons. The summed E-state index contributed by atoms with van der Waals surface area (Å²) in [6.45, 7) is 4.32. The van der Waals surface area contributed by atoms with E-state index in [9.17, 15) is 0 Å². The van der Waals surface area contributed by atoms with Gasteiger partial charge in [0.1, 0.15) is 0 Å². The molecule has 0 aromatic heterocycles. The molecule has 3 heteroatoms. The van der Waals surface area contributed by atoms with Gasteiger partial charge in [-0.1, -0.05) is 48.0 Å². The first-order valence-electron chi connectivity index (χ1n) is 8.48.